The number of fused-ring (bicyclic) bond motifs is 1. The molecule has 1 aliphatic rings. The van der Waals surface area contributed by atoms with Gasteiger partial charge in [-0.2, -0.15) is 0 Å². The molecule has 1 fully saturated rings. The lowest BCUT2D eigenvalue weighted by molar-refractivity contribution is 0.0923. The predicted molar refractivity (Wildman–Crippen MR) is 92.6 cm³/mol. The van der Waals surface area contributed by atoms with Crippen LogP contribution in [0.3, 0.4) is 0 Å². The summed E-state index contributed by atoms with van der Waals surface area (Å²) in [5, 5.41) is 3.10. The molecule has 1 amide bonds. The fourth-order valence-corrected chi connectivity index (χ4v) is 3.35. The van der Waals surface area contributed by atoms with E-state index in [9.17, 15) is 4.79 Å². The summed E-state index contributed by atoms with van der Waals surface area (Å²) in [5.41, 5.74) is 2.51. The van der Waals surface area contributed by atoms with E-state index < -0.39 is 0 Å². The summed E-state index contributed by atoms with van der Waals surface area (Å²) < 4.78 is 0. The van der Waals surface area contributed by atoms with Crippen molar-refractivity contribution >= 4 is 16.9 Å². The first-order valence-electron chi connectivity index (χ1n) is 8.51. The van der Waals surface area contributed by atoms with Crippen molar-refractivity contribution < 1.29 is 4.79 Å². The van der Waals surface area contributed by atoms with Gasteiger partial charge in [0.05, 0.1) is 11.0 Å². The molecule has 2 aromatic rings. The van der Waals surface area contributed by atoms with Gasteiger partial charge < -0.3 is 15.2 Å². The van der Waals surface area contributed by atoms with E-state index in [0.29, 0.717) is 17.5 Å². The number of H-pyrrole nitrogens is 1. The van der Waals surface area contributed by atoms with E-state index in [-0.39, 0.29) is 5.91 Å². The van der Waals surface area contributed by atoms with Crippen LogP contribution in [0.25, 0.3) is 11.0 Å². The number of carbonyl (C=O) groups is 1. The van der Waals surface area contributed by atoms with E-state index in [1.54, 1.807) is 0 Å². The molecule has 23 heavy (non-hydrogen) atoms. The second-order valence-corrected chi connectivity index (χ2v) is 6.86. The third-order valence-corrected chi connectivity index (χ3v) is 4.69. The van der Waals surface area contributed by atoms with E-state index in [1.807, 2.05) is 25.1 Å². The summed E-state index contributed by atoms with van der Waals surface area (Å²) in [5.74, 6) is 1.42. The van der Waals surface area contributed by atoms with Crippen molar-refractivity contribution in [2.45, 2.75) is 39.7 Å². The van der Waals surface area contributed by atoms with Gasteiger partial charge in [0.2, 0.25) is 0 Å². The molecular weight excluding hydrogens is 288 g/mol. The lowest BCUT2D eigenvalue weighted by atomic mass is 9.97. The fourth-order valence-electron chi connectivity index (χ4n) is 3.35. The standard InChI is InChI=1S/C18H26N4O/c1-12(2)22-8-4-5-14(11-22)10-19-18(23)15-6-7-16-17(9-15)21-13(3)20-16/h6-7,9,12,14H,4-5,8,10-11H2,1-3H3,(H,19,23)(H,20,21)/t14-/m1/s1. The zero-order chi connectivity index (χ0) is 16.4. The third-order valence-electron chi connectivity index (χ3n) is 4.69. The smallest absolute Gasteiger partial charge is 0.251 e. The normalized spacial score (nSPS) is 19.4. The minimum absolute atomic E-state index is 0.000762. The van der Waals surface area contributed by atoms with Gasteiger partial charge in [-0.1, -0.05) is 0 Å². The molecule has 0 saturated carbocycles. The number of aromatic amines is 1. The van der Waals surface area contributed by atoms with Crippen LogP contribution in [-0.2, 0) is 0 Å². The van der Waals surface area contributed by atoms with Gasteiger partial charge >= 0.3 is 0 Å². The second-order valence-electron chi connectivity index (χ2n) is 6.86. The number of hydrogen-bond acceptors (Lipinski definition) is 3. The van der Waals surface area contributed by atoms with E-state index >= 15 is 0 Å². The molecule has 0 unspecified atom stereocenters. The van der Waals surface area contributed by atoms with Gasteiger partial charge in [-0.25, -0.2) is 4.98 Å². The van der Waals surface area contributed by atoms with Crippen molar-refractivity contribution in [2.24, 2.45) is 5.92 Å². The van der Waals surface area contributed by atoms with Crippen molar-refractivity contribution in [1.29, 1.82) is 0 Å². The molecule has 2 heterocycles. The predicted octanol–water partition coefficient (Wildman–Crippen LogP) is 2.72. The highest BCUT2D eigenvalue weighted by molar-refractivity contribution is 5.97. The molecule has 1 aromatic heterocycles. The first-order chi connectivity index (χ1) is 11.0. The van der Waals surface area contributed by atoms with Crippen molar-refractivity contribution in [3.8, 4) is 0 Å². The molecule has 0 radical (unpaired) electrons. The van der Waals surface area contributed by atoms with Crippen LogP contribution in [0.1, 0.15) is 42.9 Å². The Kier molecular flexibility index (Phi) is 4.66. The molecule has 3 rings (SSSR count). The largest absolute Gasteiger partial charge is 0.352 e. The number of rotatable bonds is 4. The average molecular weight is 314 g/mol. The van der Waals surface area contributed by atoms with Crippen molar-refractivity contribution in [3.05, 3.63) is 29.6 Å². The highest BCUT2D eigenvalue weighted by atomic mass is 16.1. The number of amides is 1. The Bertz CT molecular complexity index is 691. The zero-order valence-corrected chi connectivity index (χ0v) is 14.2. The van der Waals surface area contributed by atoms with Crippen LogP contribution in [-0.4, -0.2) is 46.5 Å². The first-order valence-corrected chi connectivity index (χ1v) is 8.51. The highest BCUT2D eigenvalue weighted by Gasteiger charge is 2.22. The van der Waals surface area contributed by atoms with Crippen molar-refractivity contribution in [1.82, 2.24) is 20.2 Å². The number of nitrogens with one attached hydrogen (secondary N) is 2. The lowest BCUT2D eigenvalue weighted by Gasteiger charge is -2.35. The van der Waals surface area contributed by atoms with E-state index in [2.05, 4.69) is 34.0 Å². The summed E-state index contributed by atoms with van der Waals surface area (Å²) >= 11 is 0. The molecule has 1 aliphatic heterocycles. The summed E-state index contributed by atoms with van der Waals surface area (Å²) in [6.07, 6.45) is 2.42. The molecule has 1 aromatic carbocycles. The monoisotopic (exact) mass is 314 g/mol. The number of nitrogens with zero attached hydrogens (tertiary/aromatic N) is 2. The maximum atomic E-state index is 12.4. The van der Waals surface area contributed by atoms with E-state index in [4.69, 9.17) is 0 Å². The number of aryl methyl sites for hydroxylation is 1. The van der Waals surface area contributed by atoms with Gasteiger partial charge in [-0.15, -0.1) is 0 Å². The maximum absolute atomic E-state index is 12.4. The Morgan fingerprint density at radius 1 is 1.48 bits per heavy atom. The third kappa shape index (κ3) is 3.72. The summed E-state index contributed by atoms with van der Waals surface area (Å²) in [6.45, 7) is 9.41. The average Bonchev–Trinajstić information content (AvgIpc) is 2.91. The maximum Gasteiger partial charge on any atom is 0.251 e. The van der Waals surface area contributed by atoms with Crippen LogP contribution in [0.5, 0.6) is 0 Å². The van der Waals surface area contributed by atoms with Crippen LogP contribution in [0.4, 0.5) is 0 Å². The number of carbonyl (C=O) groups excluding carboxylic acids is 1. The van der Waals surface area contributed by atoms with Gasteiger partial charge in [0.15, 0.2) is 0 Å². The zero-order valence-electron chi connectivity index (χ0n) is 14.2. The second kappa shape index (κ2) is 6.71. The van der Waals surface area contributed by atoms with Gasteiger partial charge in [-0.05, 0) is 64.3 Å². The van der Waals surface area contributed by atoms with Gasteiger partial charge in [0.25, 0.3) is 5.91 Å². The van der Waals surface area contributed by atoms with Crippen LogP contribution in [0.2, 0.25) is 0 Å². The minimum atomic E-state index is 0.000762. The topological polar surface area (TPSA) is 61.0 Å². The van der Waals surface area contributed by atoms with E-state index in [0.717, 1.165) is 29.9 Å². The summed E-state index contributed by atoms with van der Waals surface area (Å²) in [6, 6.07) is 6.21. The van der Waals surface area contributed by atoms with Crippen LogP contribution >= 0.6 is 0 Å². The molecule has 0 spiro atoms. The highest BCUT2D eigenvalue weighted by Crippen LogP contribution is 2.18. The number of benzene rings is 1. The number of aromatic nitrogens is 2. The number of imidazole rings is 1. The SMILES string of the molecule is Cc1nc2ccc(C(=O)NC[C@H]3CCCN(C(C)C)C3)cc2[nH]1. The van der Waals surface area contributed by atoms with Gasteiger partial charge in [0, 0.05) is 24.7 Å². The molecule has 0 bridgehead atoms. The molecule has 1 atom stereocenters. The molecule has 5 nitrogen and oxygen atoms in total. The summed E-state index contributed by atoms with van der Waals surface area (Å²) in [7, 11) is 0. The van der Waals surface area contributed by atoms with Gasteiger partial charge in [0.1, 0.15) is 5.82 Å². The van der Waals surface area contributed by atoms with Crippen LogP contribution in [0.15, 0.2) is 18.2 Å². The van der Waals surface area contributed by atoms with Gasteiger partial charge in [-0.3, -0.25) is 4.79 Å². The van der Waals surface area contributed by atoms with Crippen LogP contribution < -0.4 is 5.32 Å². The Hall–Kier alpha value is -1.88. The molecule has 5 heteroatoms. The minimum Gasteiger partial charge on any atom is -0.352 e. The molecule has 0 aliphatic carbocycles. The number of hydrogen-bond donors (Lipinski definition) is 2. The quantitative estimate of drug-likeness (QED) is 0.912. The Morgan fingerprint density at radius 3 is 3.09 bits per heavy atom. The molecular formula is C18H26N4O. The summed E-state index contributed by atoms with van der Waals surface area (Å²) in [4.78, 5) is 22.4. The van der Waals surface area contributed by atoms with Crippen molar-refractivity contribution in [2.75, 3.05) is 19.6 Å². The Balaban J connectivity index is 1.59. The van der Waals surface area contributed by atoms with Crippen molar-refractivity contribution in [3.63, 3.8) is 0 Å². The molecule has 2 N–H and O–H groups in total. The fraction of sp³-hybridized carbons (Fsp3) is 0.556. The number of likely N-dealkylation sites (tertiary alicyclic amines) is 1. The first kappa shape index (κ1) is 16.0. The van der Waals surface area contributed by atoms with E-state index in [1.165, 1.54) is 19.4 Å². The molecule has 1 saturated heterocycles. The Labute approximate surface area is 137 Å². The lowest BCUT2D eigenvalue weighted by Crippen LogP contribution is -2.43. The Morgan fingerprint density at radius 2 is 2.30 bits per heavy atom. The number of piperidine rings is 1. The van der Waals surface area contributed by atoms with Crippen LogP contribution in [0, 0.1) is 12.8 Å². The molecule has 124 valence electrons.